The van der Waals surface area contributed by atoms with E-state index in [4.69, 9.17) is 10.5 Å². The van der Waals surface area contributed by atoms with E-state index in [1.807, 2.05) is 6.92 Å². The highest BCUT2D eigenvalue weighted by molar-refractivity contribution is 5.34. The molecule has 0 radical (unpaired) electrons. The van der Waals surface area contributed by atoms with Crippen molar-refractivity contribution < 1.29 is 13.5 Å². The number of benzene rings is 2. The number of halogens is 2. The fraction of sp³-hybridized carbons (Fsp3) is 0.143. The average Bonchev–Trinajstić information content (AvgIpc) is 2.36. The number of ether oxygens (including phenoxy) is 1. The van der Waals surface area contributed by atoms with E-state index >= 15 is 0 Å². The first-order valence-corrected chi connectivity index (χ1v) is 5.55. The molecule has 2 aromatic carbocycles. The molecule has 0 unspecified atom stereocenters. The van der Waals surface area contributed by atoms with Crippen molar-refractivity contribution in [2.75, 3.05) is 0 Å². The van der Waals surface area contributed by atoms with E-state index in [2.05, 4.69) is 0 Å². The fourth-order valence-electron chi connectivity index (χ4n) is 1.53. The lowest BCUT2D eigenvalue weighted by Gasteiger charge is -2.09. The van der Waals surface area contributed by atoms with Gasteiger partial charge in [0.2, 0.25) is 5.82 Å². The van der Waals surface area contributed by atoms with Crippen LogP contribution in [-0.4, -0.2) is 0 Å². The summed E-state index contributed by atoms with van der Waals surface area (Å²) in [6, 6.07) is 10.6. The van der Waals surface area contributed by atoms with E-state index in [1.54, 1.807) is 24.3 Å². The summed E-state index contributed by atoms with van der Waals surface area (Å²) >= 11 is 0. The monoisotopic (exact) mass is 249 g/mol. The third-order valence-electron chi connectivity index (χ3n) is 2.55. The smallest absolute Gasteiger partial charge is 0.201 e. The standard InChI is InChI=1S/C14H13F2NO/c1-9(17)10-5-7-11(8-6-10)18-13-4-2-3-12(15)14(13)16/h2-9H,17H2,1H3/t9-/m1/s1. The summed E-state index contributed by atoms with van der Waals surface area (Å²) in [6.45, 7) is 1.86. The highest BCUT2D eigenvalue weighted by Crippen LogP contribution is 2.26. The van der Waals surface area contributed by atoms with Crippen LogP contribution in [0, 0.1) is 11.6 Å². The maximum Gasteiger partial charge on any atom is 0.201 e. The zero-order valence-corrected chi connectivity index (χ0v) is 9.86. The van der Waals surface area contributed by atoms with Gasteiger partial charge in [-0.25, -0.2) is 4.39 Å². The Bertz CT molecular complexity index is 538. The molecular weight excluding hydrogens is 236 g/mol. The van der Waals surface area contributed by atoms with Crippen molar-refractivity contribution in [3.05, 3.63) is 59.7 Å². The molecule has 0 aliphatic heterocycles. The Morgan fingerprint density at radius 3 is 2.33 bits per heavy atom. The summed E-state index contributed by atoms with van der Waals surface area (Å²) in [5.41, 5.74) is 6.66. The van der Waals surface area contributed by atoms with Crippen LogP contribution in [0.1, 0.15) is 18.5 Å². The summed E-state index contributed by atoms with van der Waals surface area (Å²) in [4.78, 5) is 0. The Balaban J connectivity index is 2.21. The minimum atomic E-state index is -0.992. The Labute approximate surface area is 104 Å². The Morgan fingerprint density at radius 1 is 1.06 bits per heavy atom. The van der Waals surface area contributed by atoms with Gasteiger partial charge in [0.1, 0.15) is 5.75 Å². The van der Waals surface area contributed by atoms with Gasteiger partial charge in [0.15, 0.2) is 11.6 Å². The highest BCUT2D eigenvalue weighted by Gasteiger charge is 2.09. The zero-order chi connectivity index (χ0) is 13.1. The minimum Gasteiger partial charge on any atom is -0.454 e. The third kappa shape index (κ3) is 2.65. The van der Waals surface area contributed by atoms with Crippen molar-refractivity contribution in [1.29, 1.82) is 0 Å². The van der Waals surface area contributed by atoms with E-state index in [-0.39, 0.29) is 11.8 Å². The summed E-state index contributed by atoms with van der Waals surface area (Å²) in [7, 11) is 0. The van der Waals surface area contributed by atoms with Gasteiger partial charge in [-0.15, -0.1) is 0 Å². The van der Waals surface area contributed by atoms with Crippen molar-refractivity contribution in [1.82, 2.24) is 0 Å². The Kier molecular flexibility index (Phi) is 3.58. The van der Waals surface area contributed by atoms with Crippen LogP contribution in [0.2, 0.25) is 0 Å². The number of hydrogen-bond acceptors (Lipinski definition) is 2. The molecule has 4 heteroatoms. The first-order chi connectivity index (χ1) is 8.58. The molecule has 0 saturated heterocycles. The van der Waals surface area contributed by atoms with E-state index in [0.29, 0.717) is 5.75 Å². The van der Waals surface area contributed by atoms with Crippen LogP contribution >= 0.6 is 0 Å². The molecule has 2 N–H and O–H groups in total. The average molecular weight is 249 g/mol. The van der Waals surface area contributed by atoms with Gasteiger partial charge < -0.3 is 10.5 Å². The zero-order valence-electron chi connectivity index (χ0n) is 9.86. The van der Waals surface area contributed by atoms with Crippen molar-refractivity contribution in [2.24, 2.45) is 5.73 Å². The molecule has 2 aromatic rings. The molecule has 0 aromatic heterocycles. The largest absolute Gasteiger partial charge is 0.454 e. The second-order valence-corrected chi connectivity index (χ2v) is 4.01. The van der Waals surface area contributed by atoms with E-state index in [1.165, 1.54) is 12.1 Å². The van der Waals surface area contributed by atoms with Gasteiger partial charge in [0, 0.05) is 6.04 Å². The highest BCUT2D eigenvalue weighted by atomic mass is 19.2. The first-order valence-electron chi connectivity index (χ1n) is 5.55. The van der Waals surface area contributed by atoms with Gasteiger partial charge in [-0.2, -0.15) is 4.39 Å². The van der Waals surface area contributed by atoms with Crippen LogP contribution < -0.4 is 10.5 Å². The van der Waals surface area contributed by atoms with Crippen LogP contribution in [0.5, 0.6) is 11.5 Å². The molecule has 0 amide bonds. The SMILES string of the molecule is C[C@@H](N)c1ccc(Oc2cccc(F)c2F)cc1. The molecule has 0 aliphatic rings. The van der Waals surface area contributed by atoms with Gasteiger partial charge in [-0.05, 0) is 36.8 Å². The molecule has 1 atom stereocenters. The van der Waals surface area contributed by atoms with Crippen molar-refractivity contribution in [2.45, 2.75) is 13.0 Å². The minimum absolute atomic E-state index is 0.0787. The number of hydrogen-bond donors (Lipinski definition) is 1. The fourth-order valence-corrected chi connectivity index (χ4v) is 1.53. The molecule has 18 heavy (non-hydrogen) atoms. The third-order valence-corrected chi connectivity index (χ3v) is 2.55. The molecule has 2 rings (SSSR count). The molecule has 0 spiro atoms. The molecule has 0 saturated carbocycles. The Hall–Kier alpha value is -1.94. The van der Waals surface area contributed by atoms with Crippen molar-refractivity contribution >= 4 is 0 Å². The lowest BCUT2D eigenvalue weighted by atomic mass is 10.1. The second-order valence-electron chi connectivity index (χ2n) is 4.01. The van der Waals surface area contributed by atoms with Crippen molar-refractivity contribution in [3.63, 3.8) is 0 Å². The van der Waals surface area contributed by atoms with Gasteiger partial charge in [0.25, 0.3) is 0 Å². The Morgan fingerprint density at radius 2 is 1.72 bits per heavy atom. The van der Waals surface area contributed by atoms with Gasteiger partial charge in [-0.3, -0.25) is 0 Å². The van der Waals surface area contributed by atoms with Crippen LogP contribution in [0.4, 0.5) is 8.78 Å². The van der Waals surface area contributed by atoms with Crippen LogP contribution in [0.3, 0.4) is 0 Å². The van der Waals surface area contributed by atoms with E-state index < -0.39 is 11.6 Å². The first kappa shape index (κ1) is 12.5. The normalized spacial score (nSPS) is 12.2. The number of rotatable bonds is 3. The summed E-state index contributed by atoms with van der Waals surface area (Å²) in [5.74, 6) is -1.62. The van der Waals surface area contributed by atoms with Gasteiger partial charge in [-0.1, -0.05) is 18.2 Å². The quantitative estimate of drug-likeness (QED) is 0.898. The van der Waals surface area contributed by atoms with E-state index in [9.17, 15) is 8.78 Å². The van der Waals surface area contributed by atoms with Crippen LogP contribution in [0.25, 0.3) is 0 Å². The maximum absolute atomic E-state index is 13.4. The summed E-state index contributed by atoms with van der Waals surface area (Å²) < 4.78 is 31.6. The maximum atomic E-state index is 13.4. The lowest BCUT2D eigenvalue weighted by Crippen LogP contribution is -2.04. The molecule has 0 fully saturated rings. The predicted octanol–water partition coefficient (Wildman–Crippen LogP) is 3.78. The number of nitrogens with two attached hydrogens (primary N) is 1. The summed E-state index contributed by atoms with van der Waals surface area (Å²) in [5, 5.41) is 0. The van der Waals surface area contributed by atoms with Crippen molar-refractivity contribution in [3.8, 4) is 11.5 Å². The van der Waals surface area contributed by atoms with Crippen LogP contribution in [-0.2, 0) is 0 Å². The van der Waals surface area contributed by atoms with Gasteiger partial charge >= 0.3 is 0 Å². The lowest BCUT2D eigenvalue weighted by molar-refractivity contribution is 0.416. The molecule has 0 bridgehead atoms. The predicted molar refractivity (Wildman–Crippen MR) is 65.5 cm³/mol. The van der Waals surface area contributed by atoms with Gasteiger partial charge in [0.05, 0.1) is 0 Å². The molecular formula is C14H13F2NO. The molecule has 2 nitrogen and oxygen atoms in total. The molecule has 94 valence electrons. The van der Waals surface area contributed by atoms with Crippen LogP contribution in [0.15, 0.2) is 42.5 Å². The second kappa shape index (κ2) is 5.14. The topological polar surface area (TPSA) is 35.2 Å². The molecule has 0 aliphatic carbocycles. The summed E-state index contributed by atoms with van der Waals surface area (Å²) in [6.07, 6.45) is 0. The van der Waals surface area contributed by atoms with E-state index in [0.717, 1.165) is 11.6 Å². The molecule has 0 heterocycles.